The van der Waals surface area contributed by atoms with Crippen LogP contribution < -0.4 is 4.74 Å². The first kappa shape index (κ1) is 15.5. The van der Waals surface area contributed by atoms with Crippen molar-refractivity contribution in [2.45, 2.75) is 31.7 Å². The van der Waals surface area contributed by atoms with Gasteiger partial charge in [0.15, 0.2) is 5.78 Å². The van der Waals surface area contributed by atoms with Gasteiger partial charge in [-0.25, -0.2) is 0 Å². The SMILES string of the molecule is COc1ccc(C(=O)CC(C(=O)O)N2CCCCC2)cc1. The molecule has 0 aromatic heterocycles. The zero-order valence-electron chi connectivity index (χ0n) is 12.2. The number of Topliss-reactive ketones (excluding diaryl/α,β-unsaturated/α-hetero) is 1. The second kappa shape index (κ2) is 7.22. The number of hydrogen-bond donors (Lipinski definition) is 1. The molecule has 1 fully saturated rings. The molecule has 0 spiro atoms. The van der Waals surface area contributed by atoms with Gasteiger partial charge >= 0.3 is 5.97 Å². The Hall–Kier alpha value is -1.88. The first-order chi connectivity index (χ1) is 10.1. The summed E-state index contributed by atoms with van der Waals surface area (Å²) in [5.41, 5.74) is 0.527. The Balaban J connectivity index is 2.04. The highest BCUT2D eigenvalue weighted by Gasteiger charge is 2.29. The standard InChI is InChI=1S/C16H21NO4/c1-21-13-7-5-12(6-8-13)15(18)11-14(16(19)20)17-9-3-2-4-10-17/h5-8,14H,2-4,9-11H2,1H3,(H,19,20). The van der Waals surface area contributed by atoms with Gasteiger partial charge in [0.05, 0.1) is 7.11 Å². The van der Waals surface area contributed by atoms with E-state index in [0.717, 1.165) is 32.4 Å². The summed E-state index contributed by atoms with van der Waals surface area (Å²) in [6.07, 6.45) is 3.15. The number of ether oxygens (including phenoxy) is 1. The summed E-state index contributed by atoms with van der Waals surface area (Å²) in [6, 6.07) is 6.06. The number of likely N-dealkylation sites (tertiary alicyclic amines) is 1. The molecule has 1 aliphatic rings. The number of aliphatic carboxylic acids is 1. The summed E-state index contributed by atoms with van der Waals surface area (Å²) in [6.45, 7) is 1.51. The zero-order valence-corrected chi connectivity index (χ0v) is 12.2. The average molecular weight is 291 g/mol. The van der Waals surface area contributed by atoms with Gasteiger partial charge in [0.25, 0.3) is 0 Å². The lowest BCUT2D eigenvalue weighted by Crippen LogP contribution is -2.45. The number of methoxy groups -OCH3 is 1. The maximum atomic E-state index is 12.3. The van der Waals surface area contributed by atoms with Crippen molar-refractivity contribution in [3.63, 3.8) is 0 Å². The third-order valence-corrected chi connectivity index (χ3v) is 3.91. The summed E-state index contributed by atoms with van der Waals surface area (Å²) in [5, 5.41) is 9.39. The zero-order chi connectivity index (χ0) is 15.2. The Morgan fingerprint density at radius 2 is 1.81 bits per heavy atom. The Bertz CT molecular complexity index is 492. The largest absolute Gasteiger partial charge is 0.497 e. The molecule has 0 radical (unpaired) electrons. The predicted molar refractivity (Wildman–Crippen MR) is 78.8 cm³/mol. The minimum atomic E-state index is -0.918. The smallest absolute Gasteiger partial charge is 0.321 e. The van der Waals surface area contributed by atoms with Crippen LogP contribution in [-0.4, -0.2) is 48.0 Å². The first-order valence-electron chi connectivity index (χ1n) is 7.26. The topological polar surface area (TPSA) is 66.8 Å². The molecule has 0 bridgehead atoms. The summed E-state index contributed by atoms with van der Waals surface area (Å²) >= 11 is 0. The van der Waals surface area contributed by atoms with E-state index < -0.39 is 12.0 Å². The number of carbonyl (C=O) groups is 2. The highest BCUT2D eigenvalue weighted by molar-refractivity contribution is 5.98. The first-order valence-corrected chi connectivity index (χ1v) is 7.26. The molecule has 1 aromatic carbocycles. The third kappa shape index (κ3) is 4.04. The number of rotatable bonds is 6. The fraction of sp³-hybridized carbons (Fsp3) is 0.500. The molecule has 1 aromatic rings. The number of carbonyl (C=O) groups excluding carboxylic acids is 1. The molecule has 0 aliphatic carbocycles. The van der Waals surface area contributed by atoms with Crippen molar-refractivity contribution in [2.24, 2.45) is 0 Å². The van der Waals surface area contributed by atoms with Crippen molar-refractivity contribution in [3.8, 4) is 5.75 Å². The fourth-order valence-corrected chi connectivity index (χ4v) is 2.67. The molecule has 114 valence electrons. The summed E-state index contributed by atoms with van der Waals surface area (Å²) < 4.78 is 5.05. The second-order valence-electron chi connectivity index (χ2n) is 5.31. The lowest BCUT2D eigenvalue weighted by atomic mass is 10.0. The molecule has 5 nitrogen and oxygen atoms in total. The van der Waals surface area contributed by atoms with Gasteiger partial charge in [-0.15, -0.1) is 0 Å². The van der Waals surface area contributed by atoms with E-state index in [1.54, 1.807) is 31.4 Å². The highest BCUT2D eigenvalue weighted by Crippen LogP contribution is 2.18. The van der Waals surface area contributed by atoms with E-state index in [-0.39, 0.29) is 12.2 Å². The molecule has 1 N–H and O–H groups in total. The van der Waals surface area contributed by atoms with Gasteiger partial charge in [-0.2, -0.15) is 0 Å². The molecule has 2 rings (SSSR count). The summed E-state index contributed by atoms with van der Waals surface area (Å²) in [4.78, 5) is 25.6. The molecule has 1 unspecified atom stereocenters. The fourth-order valence-electron chi connectivity index (χ4n) is 2.67. The van der Waals surface area contributed by atoms with Crippen LogP contribution in [0.4, 0.5) is 0 Å². The van der Waals surface area contributed by atoms with E-state index in [1.165, 1.54) is 0 Å². The maximum Gasteiger partial charge on any atom is 0.321 e. The molecule has 1 heterocycles. The number of ketones is 1. The Kier molecular flexibility index (Phi) is 5.33. The number of piperidine rings is 1. The number of hydrogen-bond acceptors (Lipinski definition) is 4. The number of nitrogens with zero attached hydrogens (tertiary/aromatic N) is 1. The van der Waals surface area contributed by atoms with Gasteiger partial charge in [-0.05, 0) is 50.2 Å². The van der Waals surface area contributed by atoms with Crippen LogP contribution in [-0.2, 0) is 4.79 Å². The lowest BCUT2D eigenvalue weighted by molar-refractivity contribution is -0.143. The maximum absolute atomic E-state index is 12.3. The van der Waals surface area contributed by atoms with E-state index in [2.05, 4.69) is 0 Å². The van der Waals surface area contributed by atoms with Crippen molar-refractivity contribution in [1.29, 1.82) is 0 Å². The van der Waals surface area contributed by atoms with E-state index in [1.807, 2.05) is 4.90 Å². The van der Waals surface area contributed by atoms with Crippen LogP contribution in [0.2, 0.25) is 0 Å². The molecular formula is C16H21NO4. The highest BCUT2D eigenvalue weighted by atomic mass is 16.5. The minimum absolute atomic E-state index is 0.0155. The molecule has 1 atom stereocenters. The molecule has 5 heteroatoms. The van der Waals surface area contributed by atoms with Crippen molar-refractivity contribution in [3.05, 3.63) is 29.8 Å². The molecule has 0 saturated carbocycles. The summed E-state index contributed by atoms with van der Waals surface area (Å²) in [5.74, 6) is -0.383. The predicted octanol–water partition coefficient (Wildman–Crippen LogP) is 2.21. The summed E-state index contributed by atoms with van der Waals surface area (Å²) in [7, 11) is 1.56. The molecular weight excluding hydrogens is 270 g/mol. The molecule has 1 aliphatic heterocycles. The van der Waals surface area contributed by atoms with Gasteiger partial charge in [-0.1, -0.05) is 6.42 Å². The van der Waals surface area contributed by atoms with Crippen LogP contribution in [0.5, 0.6) is 5.75 Å². The van der Waals surface area contributed by atoms with Gasteiger partial charge in [-0.3, -0.25) is 14.5 Å². The number of carboxylic acids is 1. The van der Waals surface area contributed by atoms with Gasteiger partial charge in [0, 0.05) is 12.0 Å². The van der Waals surface area contributed by atoms with Crippen molar-refractivity contribution >= 4 is 11.8 Å². The van der Waals surface area contributed by atoms with Crippen LogP contribution in [0, 0.1) is 0 Å². The van der Waals surface area contributed by atoms with Crippen LogP contribution in [0.15, 0.2) is 24.3 Å². The normalized spacial score (nSPS) is 17.2. The second-order valence-corrected chi connectivity index (χ2v) is 5.31. The number of carboxylic acid groups (broad SMARTS) is 1. The Morgan fingerprint density at radius 1 is 1.19 bits per heavy atom. The van der Waals surface area contributed by atoms with E-state index >= 15 is 0 Å². The average Bonchev–Trinajstić information content (AvgIpc) is 2.53. The quantitative estimate of drug-likeness (QED) is 0.814. The lowest BCUT2D eigenvalue weighted by Gasteiger charge is -2.31. The van der Waals surface area contributed by atoms with Gasteiger partial charge < -0.3 is 9.84 Å². The number of benzene rings is 1. The third-order valence-electron chi connectivity index (χ3n) is 3.91. The van der Waals surface area contributed by atoms with Gasteiger partial charge in [0.1, 0.15) is 11.8 Å². The molecule has 0 amide bonds. The Labute approximate surface area is 124 Å². The van der Waals surface area contributed by atoms with E-state index in [0.29, 0.717) is 11.3 Å². The van der Waals surface area contributed by atoms with Crippen molar-refractivity contribution in [1.82, 2.24) is 4.90 Å². The minimum Gasteiger partial charge on any atom is -0.497 e. The van der Waals surface area contributed by atoms with Crippen LogP contribution >= 0.6 is 0 Å². The van der Waals surface area contributed by atoms with Crippen LogP contribution in [0.25, 0.3) is 0 Å². The monoisotopic (exact) mass is 291 g/mol. The Morgan fingerprint density at radius 3 is 2.33 bits per heavy atom. The van der Waals surface area contributed by atoms with Crippen LogP contribution in [0.3, 0.4) is 0 Å². The van der Waals surface area contributed by atoms with Crippen LogP contribution in [0.1, 0.15) is 36.0 Å². The van der Waals surface area contributed by atoms with E-state index in [9.17, 15) is 14.7 Å². The van der Waals surface area contributed by atoms with Crippen molar-refractivity contribution in [2.75, 3.05) is 20.2 Å². The molecule has 1 saturated heterocycles. The van der Waals surface area contributed by atoms with Gasteiger partial charge in [0.2, 0.25) is 0 Å². The van der Waals surface area contributed by atoms with E-state index in [4.69, 9.17) is 4.74 Å². The van der Waals surface area contributed by atoms with Crippen molar-refractivity contribution < 1.29 is 19.4 Å². The molecule has 21 heavy (non-hydrogen) atoms.